The number of nitrogen functional groups attached to an aromatic ring is 1. The molecule has 0 spiro atoms. The zero-order chi connectivity index (χ0) is 22.8. The van der Waals surface area contributed by atoms with Crippen LogP contribution in [-0.4, -0.2) is 45.5 Å². The van der Waals surface area contributed by atoms with Crippen molar-refractivity contribution in [2.75, 3.05) is 29.9 Å². The summed E-state index contributed by atoms with van der Waals surface area (Å²) in [5.74, 6) is 0.807. The third-order valence-corrected chi connectivity index (χ3v) is 8.42. The second kappa shape index (κ2) is 9.69. The number of anilines is 2. The quantitative estimate of drug-likeness (QED) is 0.420. The highest BCUT2D eigenvalue weighted by molar-refractivity contribution is 7.99. The Kier molecular flexibility index (Phi) is 6.50. The number of nitrogens with zero attached hydrogens (tertiary/aromatic N) is 3. The summed E-state index contributed by atoms with van der Waals surface area (Å²) in [6, 6.07) is 9.48. The zero-order valence-electron chi connectivity index (χ0n) is 18.4. The van der Waals surface area contributed by atoms with Gasteiger partial charge in [-0.05, 0) is 56.2 Å². The number of aromatic nitrogens is 2. The Labute approximate surface area is 201 Å². The lowest BCUT2D eigenvalue weighted by molar-refractivity contribution is -0.132. The number of thioether (sulfide) groups is 1. The predicted molar refractivity (Wildman–Crippen MR) is 134 cm³/mol. The molecule has 7 nitrogen and oxygen atoms in total. The van der Waals surface area contributed by atoms with Gasteiger partial charge in [-0.1, -0.05) is 30.0 Å². The number of hydrogen-bond acceptors (Lipinski definition) is 7. The molecule has 5 rings (SSSR count). The molecule has 2 amide bonds. The molecular weight excluding hydrogens is 454 g/mol. The van der Waals surface area contributed by atoms with Gasteiger partial charge in [-0.3, -0.25) is 9.59 Å². The van der Waals surface area contributed by atoms with E-state index < -0.39 is 0 Å². The van der Waals surface area contributed by atoms with E-state index >= 15 is 0 Å². The molecule has 0 bridgehead atoms. The maximum absolute atomic E-state index is 12.8. The Morgan fingerprint density at radius 3 is 2.67 bits per heavy atom. The lowest BCUT2D eigenvalue weighted by Gasteiger charge is -2.31. The molecule has 1 saturated heterocycles. The molecular formula is C24H27N5O2S2. The molecule has 1 aliphatic carbocycles. The molecule has 1 fully saturated rings. The van der Waals surface area contributed by atoms with Crippen LogP contribution in [0.2, 0.25) is 0 Å². The van der Waals surface area contributed by atoms with Crippen LogP contribution in [0, 0.1) is 5.92 Å². The smallest absolute Gasteiger partial charge is 0.233 e. The molecule has 3 heterocycles. The largest absolute Gasteiger partial charge is 0.383 e. The molecule has 3 N–H and O–H groups in total. The number of fused-ring (bicyclic) bond motifs is 3. The van der Waals surface area contributed by atoms with E-state index in [4.69, 9.17) is 10.7 Å². The van der Waals surface area contributed by atoms with Crippen LogP contribution in [0.4, 0.5) is 11.5 Å². The summed E-state index contributed by atoms with van der Waals surface area (Å²) >= 11 is 3.06. The predicted octanol–water partition coefficient (Wildman–Crippen LogP) is 4.12. The number of hydrogen-bond donors (Lipinski definition) is 2. The van der Waals surface area contributed by atoms with Crippen molar-refractivity contribution >= 4 is 56.6 Å². The number of carbonyl (C=O) groups excluding carboxylic acids is 2. The highest BCUT2D eigenvalue weighted by Gasteiger charge is 2.28. The Morgan fingerprint density at radius 2 is 1.88 bits per heavy atom. The molecule has 2 aliphatic rings. The summed E-state index contributed by atoms with van der Waals surface area (Å²) in [5, 5.41) is 4.54. The number of nitrogens with two attached hydrogens (primary N) is 1. The average molecular weight is 482 g/mol. The Hall–Kier alpha value is -2.65. The second-order valence-electron chi connectivity index (χ2n) is 8.58. The Bertz CT molecular complexity index is 1170. The van der Waals surface area contributed by atoms with Crippen molar-refractivity contribution in [3.8, 4) is 0 Å². The van der Waals surface area contributed by atoms with Crippen LogP contribution >= 0.6 is 23.1 Å². The van der Waals surface area contributed by atoms with E-state index in [0.29, 0.717) is 36.9 Å². The summed E-state index contributed by atoms with van der Waals surface area (Å²) < 4.78 is 0. The first-order chi connectivity index (χ1) is 16.1. The van der Waals surface area contributed by atoms with Crippen LogP contribution in [0.5, 0.6) is 0 Å². The van der Waals surface area contributed by atoms with Crippen molar-refractivity contribution in [3.05, 3.63) is 40.8 Å². The van der Waals surface area contributed by atoms with E-state index in [1.54, 1.807) is 11.3 Å². The SMILES string of the molecule is Nc1nc(SCC(=O)N2CCC(C(=O)Nc3ccccc3)CC2)nc2sc3c(c12)CCCC3. The minimum absolute atomic E-state index is 0.0264. The van der Waals surface area contributed by atoms with Gasteiger partial charge in [0.15, 0.2) is 5.16 Å². The molecule has 0 saturated carbocycles. The molecule has 1 aliphatic heterocycles. The van der Waals surface area contributed by atoms with Gasteiger partial charge in [0, 0.05) is 29.6 Å². The number of nitrogens with one attached hydrogen (secondary N) is 1. The molecule has 172 valence electrons. The number of rotatable bonds is 5. The number of thiophene rings is 1. The first-order valence-corrected chi connectivity index (χ1v) is 13.2. The third-order valence-electron chi connectivity index (χ3n) is 6.41. The van der Waals surface area contributed by atoms with E-state index in [1.807, 2.05) is 35.2 Å². The highest BCUT2D eigenvalue weighted by Crippen LogP contribution is 2.38. The second-order valence-corrected chi connectivity index (χ2v) is 10.6. The summed E-state index contributed by atoms with van der Waals surface area (Å²) in [7, 11) is 0. The number of para-hydroxylation sites is 1. The summed E-state index contributed by atoms with van der Waals surface area (Å²) in [6.45, 7) is 1.18. The van der Waals surface area contributed by atoms with Gasteiger partial charge in [-0.15, -0.1) is 11.3 Å². The topological polar surface area (TPSA) is 101 Å². The fourth-order valence-corrected chi connectivity index (χ4v) is 6.68. The van der Waals surface area contributed by atoms with Crippen molar-refractivity contribution in [2.24, 2.45) is 5.92 Å². The highest BCUT2D eigenvalue weighted by atomic mass is 32.2. The van der Waals surface area contributed by atoms with Crippen LogP contribution < -0.4 is 11.1 Å². The molecule has 33 heavy (non-hydrogen) atoms. The monoisotopic (exact) mass is 481 g/mol. The van der Waals surface area contributed by atoms with Crippen LogP contribution in [0.3, 0.4) is 0 Å². The van der Waals surface area contributed by atoms with Gasteiger partial charge >= 0.3 is 0 Å². The molecule has 0 unspecified atom stereocenters. The lowest BCUT2D eigenvalue weighted by Crippen LogP contribution is -2.42. The molecule has 3 aromatic rings. The van der Waals surface area contributed by atoms with Gasteiger partial charge in [-0.25, -0.2) is 9.97 Å². The van der Waals surface area contributed by atoms with Crippen LogP contribution in [0.1, 0.15) is 36.1 Å². The number of benzene rings is 1. The number of likely N-dealkylation sites (tertiary alicyclic amines) is 1. The number of amides is 2. The standard InChI is InChI=1S/C24H27N5O2S2/c25-21-20-17-8-4-5-9-18(17)33-23(20)28-24(27-21)32-14-19(30)29-12-10-15(11-13-29)22(31)26-16-6-2-1-3-7-16/h1-3,6-7,15H,4-5,8-14H2,(H,26,31)(H2,25,27,28). The molecule has 0 atom stereocenters. The molecule has 0 radical (unpaired) electrons. The minimum atomic E-state index is -0.0719. The summed E-state index contributed by atoms with van der Waals surface area (Å²) in [6.07, 6.45) is 5.89. The summed E-state index contributed by atoms with van der Waals surface area (Å²) in [5.41, 5.74) is 8.41. The third kappa shape index (κ3) is 4.84. The van der Waals surface area contributed by atoms with Crippen LogP contribution in [0.15, 0.2) is 35.5 Å². The lowest BCUT2D eigenvalue weighted by atomic mass is 9.96. The van der Waals surface area contributed by atoms with Crippen LogP contribution in [-0.2, 0) is 22.4 Å². The fraction of sp³-hybridized carbons (Fsp3) is 0.417. The Morgan fingerprint density at radius 1 is 1.12 bits per heavy atom. The van der Waals surface area contributed by atoms with Crippen LogP contribution in [0.25, 0.3) is 10.2 Å². The molecule has 2 aromatic heterocycles. The van der Waals surface area contributed by atoms with E-state index in [-0.39, 0.29) is 23.5 Å². The number of aryl methyl sites for hydroxylation is 2. The van der Waals surface area contributed by atoms with E-state index in [1.165, 1.54) is 35.0 Å². The van der Waals surface area contributed by atoms with Gasteiger partial charge in [0.05, 0.1) is 11.1 Å². The van der Waals surface area contributed by atoms with Gasteiger partial charge < -0.3 is 16.0 Å². The zero-order valence-corrected chi connectivity index (χ0v) is 20.0. The van der Waals surface area contributed by atoms with E-state index in [9.17, 15) is 9.59 Å². The fourth-order valence-electron chi connectivity index (χ4n) is 4.60. The van der Waals surface area contributed by atoms with E-state index in [0.717, 1.165) is 28.7 Å². The van der Waals surface area contributed by atoms with Gasteiger partial charge in [0.2, 0.25) is 11.8 Å². The number of carbonyl (C=O) groups is 2. The van der Waals surface area contributed by atoms with Crippen molar-refractivity contribution in [2.45, 2.75) is 43.7 Å². The van der Waals surface area contributed by atoms with Gasteiger partial charge in [-0.2, -0.15) is 0 Å². The molecule has 9 heteroatoms. The molecule has 1 aromatic carbocycles. The van der Waals surface area contributed by atoms with Crippen molar-refractivity contribution in [1.82, 2.24) is 14.9 Å². The first-order valence-electron chi connectivity index (χ1n) is 11.4. The minimum Gasteiger partial charge on any atom is -0.383 e. The Balaban J connectivity index is 1.15. The maximum atomic E-state index is 12.8. The van der Waals surface area contributed by atoms with Crippen molar-refractivity contribution in [1.29, 1.82) is 0 Å². The maximum Gasteiger partial charge on any atom is 0.233 e. The van der Waals surface area contributed by atoms with Gasteiger partial charge in [0.25, 0.3) is 0 Å². The normalized spacial score (nSPS) is 16.5. The number of piperidine rings is 1. The average Bonchev–Trinajstić information content (AvgIpc) is 3.22. The summed E-state index contributed by atoms with van der Waals surface area (Å²) in [4.78, 5) is 38.6. The van der Waals surface area contributed by atoms with E-state index in [2.05, 4.69) is 10.3 Å². The van der Waals surface area contributed by atoms with Crippen molar-refractivity contribution in [3.63, 3.8) is 0 Å². The first kappa shape index (κ1) is 22.2. The van der Waals surface area contributed by atoms with Gasteiger partial charge in [0.1, 0.15) is 10.6 Å². The van der Waals surface area contributed by atoms with Crippen molar-refractivity contribution < 1.29 is 9.59 Å².